The summed E-state index contributed by atoms with van der Waals surface area (Å²) in [7, 11) is 2.95. The quantitative estimate of drug-likeness (QED) is 0.779. The highest BCUT2D eigenvalue weighted by Crippen LogP contribution is 2.60. The van der Waals surface area contributed by atoms with Gasteiger partial charge in [0.25, 0.3) is 0 Å². The van der Waals surface area contributed by atoms with Gasteiger partial charge in [0.1, 0.15) is 10.9 Å². The van der Waals surface area contributed by atoms with E-state index in [1.807, 2.05) is 0 Å². The molecule has 1 aromatic rings. The monoisotopic (exact) mass is 303 g/mol. The predicted molar refractivity (Wildman–Crippen MR) is 68.6 cm³/mol. The van der Waals surface area contributed by atoms with Gasteiger partial charge in [-0.25, -0.2) is 0 Å². The van der Waals surface area contributed by atoms with Crippen molar-refractivity contribution in [2.75, 3.05) is 14.2 Å². The molecule has 0 radical (unpaired) electrons. The van der Waals surface area contributed by atoms with Crippen LogP contribution in [0.4, 0.5) is 0 Å². The minimum Gasteiger partial charge on any atom is -0.379 e. The lowest BCUT2D eigenvalue weighted by molar-refractivity contribution is 0.279. The first-order valence-corrected chi connectivity index (χ1v) is 8.76. The standard InChI is InChI=1S/C7H11ClNO4PS2/c1-5-6(8)7(10)9(13-5)4-16-14(15,11-2)12-3/h4H2,1-3H3. The van der Waals surface area contributed by atoms with Gasteiger partial charge in [-0.05, 0) is 30.1 Å². The number of hydrogen-bond acceptors (Lipinski definition) is 6. The van der Waals surface area contributed by atoms with E-state index in [0.29, 0.717) is 5.76 Å². The van der Waals surface area contributed by atoms with Crippen molar-refractivity contribution in [2.24, 2.45) is 0 Å². The van der Waals surface area contributed by atoms with Crippen LogP contribution in [0.1, 0.15) is 5.76 Å². The van der Waals surface area contributed by atoms with Gasteiger partial charge < -0.3 is 13.6 Å². The van der Waals surface area contributed by atoms with E-state index in [1.54, 1.807) is 6.92 Å². The Morgan fingerprint density at radius 3 is 2.50 bits per heavy atom. The summed E-state index contributed by atoms with van der Waals surface area (Å²) in [4.78, 5) is 11.5. The third-order valence-electron chi connectivity index (χ3n) is 1.75. The zero-order valence-electron chi connectivity index (χ0n) is 8.93. The average molecular weight is 304 g/mol. The highest BCUT2D eigenvalue weighted by Gasteiger charge is 2.19. The molecule has 0 spiro atoms. The van der Waals surface area contributed by atoms with Crippen LogP contribution in [0.2, 0.25) is 5.02 Å². The van der Waals surface area contributed by atoms with Crippen LogP contribution < -0.4 is 5.56 Å². The molecule has 0 aliphatic carbocycles. The molecular formula is C7H11ClNO4PS2. The molecule has 0 bridgehead atoms. The summed E-state index contributed by atoms with van der Waals surface area (Å²) >= 11 is 12.0. The van der Waals surface area contributed by atoms with Crippen molar-refractivity contribution in [3.8, 4) is 0 Å². The van der Waals surface area contributed by atoms with Crippen LogP contribution in [-0.2, 0) is 26.7 Å². The second-order valence-electron chi connectivity index (χ2n) is 2.72. The molecule has 0 amide bonds. The van der Waals surface area contributed by atoms with Crippen LogP contribution in [0.5, 0.6) is 0 Å². The van der Waals surface area contributed by atoms with Crippen LogP contribution in [0.15, 0.2) is 9.32 Å². The summed E-state index contributed by atoms with van der Waals surface area (Å²) in [6.07, 6.45) is 0. The Morgan fingerprint density at radius 2 is 2.12 bits per heavy atom. The van der Waals surface area contributed by atoms with E-state index < -0.39 is 5.69 Å². The first-order chi connectivity index (χ1) is 7.43. The fraction of sp³-hybridized carbons (Fsp3) is 0.571. The van der Waals surface area contributed by atoms with Gasteiger partial charge in [0.15, 0.2) is 5.76 Å². The second-order valence-corrected chi connectivity index (χ2v) is 9.59. The highest BCUT2D eigenvalue weighted by molar-refractivity contribution is 8.67. The van der Waals surface area contributed by atoms with Crippen molar-refractivity contribution in [1.82, 2.24) is 4.74 Å². The molecule has 16 heavy (non-hydrogen) atoms. The van der Waals surface area contributed by atoms with Crippen LogP contribution in [-0.4, -0.2) is 19.0 Å². The summed E-state index contributed by atoms with van der Waals surface area (Å²) in [5.41, 5.74) is -2.76. The molecule has 0 fully saturated rings. The Hall–Kier alpha value is 0.220. The Labute approximate surface area is 107 Å². The molecule has 1 heterocycles. The fourth-order valence-corrected chi connectivity index (χ4v) is 3.60. The average Bonchev–Trinajstić information content (AvgIpc) is 2.54. The van der Waals surface area contributed by atoms with Gasteiger partial charge in [0, 0.05) is 14.2 Å². The third-order valence-corrected chi connectivity index (χ3v) is 7.77. The Balaban J connectivity index is 2.79. The topological polar surface area (TPSA) is 53.6 Å². The smallest absolute Gasteiger partial charge is 0.302 e. The van der Waals surface area contributed by atoms with Gasteiger partial charge in [-0.1, -0.05) is 11.6 Å². The number of aromatic nitrogens is 1. The molecule has 9 heteroatoms. The summed E-state index contributed by atoms with van der Waals surface area (Å²) in [6, 6.07) is 0. The molecular weight excluding hydrogens is 293 g/mol. The first kappa shape index (κ1) is 14.3. The second kappa shape index (κ2) is 5.71. The molecule has 0 N–H and O–H groups in total. The number of aryl methyl sites for hydroxylation is 1. The lowest BCUT2D eigenvalue weighted by Gasteiger charge is -2.15. The van der Waals surface area contributed by atoms with Crippen molar-refractivity contribution >= 4 is 40.5 Å². The summed E-state index contributed by atoms with van der Waals surface area (Å²) in [6.45, 7) is 1.62. The van der Waals surface area contributed by atoms with Crippen LogP contribution >= 0.6 is 28.7 Å². The Kier molecular flexibility index (Phi) is 5.10. The molecule has 0 aliphatic rings. The van der Waals surface area contributed by atoms with E-state index in [1.165, 1.54) is 25.6 Å². The van der Waals surface area contributed by atoms with Gasteiger partial charge in [0.05, 0.1) is 0 Å². The van der Waals surface area contributed by atoms with Crippen molar-refractivity contribution < 1.29 is 13.6 Å². The predicted octanol–water partition coefficient (Wildman–Crippen LogP) is 2.61. The maximum Gasteiger partial charge on any atom is 0.302 e. The Bertz CT molecular complexity index is 463. The molecule has 92 valence electrons. The summed E-state index contributed by atoms with van der Waals surface area (Å²) in [5.74, 6) is 0.598. The molecule has 0 aliphatic heterocycles. The maximum atomic E-state index is 11.5. The molecule has 0 saturated carbocycles. The number of halogens is 1. The normalized spacial score (nSPS) is 12.0. The van der Waals surface area contributed by atoms with E-state index >= 15 is 0 Å². The van der Waals surface area contributed by atoms with E-state index in [-0.39, 0.29) is 16.5 Å². The Morgan fingerprint density at radius 1 is 1.56 bits per heavy atom. The largest absolute Gasteiger partial charge is 0.379 e. The van der Waals surface area contributed by atoms with E-state index in [0.717, 1.165) is 4.74 Å². The zero-order chi connectivity index (χ0) is 12.3. The molecule has 0 saturated heterocycles. The van der Waals surface area contributed by atoms with Gasteiger partial charge in [-0.3, -0.25) is 4.79 Å². The number of nitrogens with zero attached hydrogens (tertiary/aromatic N) is 1. The maximum absolute atomic E-state index is 11.5. The highest BCUT2D eigenvalue weighted by atomic mass is 35.5. The van der Waals surface area contributed by atoms with Crippen LogP contribution in [0.3, 0.4) is 0 Å². The molecule has 0 unspecified atom stereocenters. The van der Waals surface area contributed by atoms with Crippen molar-refractivity contribution in [3.63, 3.8) is 0 Å². The van der Waals surface area contributed by atoms with Crippen molar-refractivity contribution in [2.45, 2.75) is 12.8 Å². The SMILES string of the molecule is COP(=S)(OC)SCn1oc(C)c(Cl)c1=O. The molecule has 1 aromatic heterocycles. The molecule has 0 atom stereocenters. The molecule has 0 aromatic carbocycles. The zero-order valence-corrected chi connectivity index (χ0v) is 12.2. The lowest BCUT2D eigenvalue weighted by Crippen LogP contribution is -2.12. The summed E-state index contributed by atoms with van der Waals surface area (Å²) in [5, 5.41) is 0.0868. The van der Waals surface area contributed by atoms with E-state index in [4.69, 9.17) is 37.0 Å². The van der Waals surface area contributed by atoms with E-state index in [2.05, 4.69) is 0 Å². The number of hydrogen-bond donors (Lipinski definition) is 0. The summed E-state index contributed by atoms with van der Waals surface area (Å²) < 4.78 is 16.4. The number of rotatable bonds is 5. The molecule has 5 nitrogen and oxygen atoms in total. The van der Waals surface area contributed by atoms with Crippen molar-refractivity contribution in [1.29, 1.82) is 0 Å². The van der Waals surface area contributed by atoms with Crippen LogP contribution in [0, 0.1) is 6.92 Å². The van der Waals surface area contributed by atoms with Gasteiger partial charge in [-0.15, -0.1) is 0 Å². The lowest BCUT2D eigenvalue weighted by atomic mass is 10.5. The first-order valence-electron chi connectivity index (χ1n) is 4.16. The van der Waals surface area contributed by atoms with Crippen molar-refractivity contribution in [3.05, 3.63) is 21.1 Å². The minimum atomic E-state index is -2.39. The minimum absolute atomic E-state index is 0.0868. The van der Waals surface area contributed by atoms with Crippen LogP contribution in [0.25, 0.3) is 0 Å². The third kappa shape index (κ3) is 3.12. The van der Waals surface area contributed by atoms with Gasteiger partial charge in [0.2, 0.25) is 5.69 Å². The molecule has 1 rings (SSSR count). The van der Waals surface area contributed by atoms with Gasteiger partial charge >= 0.3 is 5.56 Å². The van der Waals surface area contributed by atoms with Gasteiger partial charge in [-0.2, -0.15) is 4.74 Å². The fourth-order valence-electron chi connectivity index (χ4n) is 0.895. The van der Waals surface area contributed by atoms with E-state index in [9.17, 15) is 4.79 Å².